The van der Waals surface area contributed by atoms with E-state index in [0.29, 0.717) is 11.5 Å². The van der Waals surface area contributed by atoms with Crippen LogP contribution in [0.1, 0.15) is 45.6 Å². The van der Waals surface area contributed by atoms with E-state index < -0.39 is 23.3 Å². The van der Waals surface area contributed by atoms with Gasteiger partial charge in [0, 0.05) is 38.0 Å². The summed E-state index contributed by atoms with van der Waals surface area (Å²) in [4.78, 5) is 50.6. The van der Waals surface area contributed by atoms with Crippen LogP contribution in [0.3, 0.4) is 0 Å². The molecule has 5 heterocycles. The van der Waals surface area contributed by atoms with Crippen molar-refractivity contribution in [3.05, 3.63) is 23.8 Å². The predicted octanol–water partition coefficient (Wildman–Crippen LogP) is 3.33. The number of fused-ring (bicyclic) bond motifs is 10. The number of carbonyl (C=O) groups excluding carboxylic acids is 3. The molecule has 2 bridgehead atoms. The summed E-state index contributed by atoms with van der Waals surface area (Å²) >= 11 is 0. The van der Waals surface area contributed by atoms with E-state index >= 15 is 0 Å². The van der Waals surface area contributed by atoms with E-state index in [-0.39, 0.29) is 36.1 Å². The first-order chi connectivity index (χ1) is 16.9. The van der Waals surface area contributed by atoms with Crippen molar-refractivity contribution in [1.29, 1.82) is 0 Å². The first-order valence-electron chi connectivity index (χ1n) is 12.6. The van der Waals surface area contributed by atoms with Crippen LogP contribution in [-0.4, -0.2) is 65.6 Å². The van der Waals surface area contributed by atoms with E-state index in [4.69, 9.17) is 14.5 Å². The van der Waals surface area contributed by atoms with Gasteiger partial charge in [-0.1, -0.05) is 20.8 Å². The largest absolute Gasteiger partial charge is 0.454 e. The summed E-state index contributed by atoms with van der Waals surface area (Å²) in [5.74, 6) is 1.36. The molecule has 2 saturated heterocycles. The lowest BCUT2D eigenvalue weighted by Gasteiger charge is -2.54. The van der Waals surface area contributed by atoms with Crippen molar-refractivity contribution < 1.29 is 23.9 Å². The number of nitrogens with zero attached hydrogens (tertiary/aromatic N) is 4. The van der Waals surface area contributed by atoms with E-state index in [1.165, 1.54) is 14.1 Å². The van der Waals surface area contributed by atoms with Gasteiger partial charge in [-0.15, -0.1) is 0 Å². The van der Waals surface area contributed by atoms with Gasteiger partial charge in [-0.3, -0.25) is 19.4 Å². The van der Waals surface area contributed by atoms with Crippen LogP contribution in [0, 0.1) is 16.2 Å². The summed E-state index contributed by atoms with van der Waals surface area (Å²) in [5, 5.41) is 0.869. The zero-order valence-electron chi connectivity index (χ0n) is 21.3. The summed E-state index contributed by atoms with van der Waals surface area (Å²) < 4.78 is 11.2. The maximum Gasteiger partial charge on any atom is 0.332 e. The minimum Gasteiger partial charge on any atom is -0.454 e. The Bertz CT molecular complexity index is 1380. The van der Waals surface area contributed by atoms with Crippen molar-refractivity contribution in [2.45, 2.75) is 58.5 Å². The first-order valence-corrected chi connectivity index (χ1v) is 12.6. The van der Waals surface area contributed by atoms with Crippen molar-refractivity contribution in [2.75, 3.05) is 25.8 Å². The highest BCUT2D eigenvalue weighted by Gasteiger charge is 2.72. The lowest BCUT2D eigenvalue weighted by molar-refractivity contribution is -0.161. The number of carbonyl (C=O) groups is 3. The fourth-order valence-electron chi connectivity index (χ4n) is 8.39. The molecule has 2 aromatic rings. The number of urea groups is 1. The molecule has 5 aliphatic rings. The molecule has 9 nitrogen and oxygen atoms in total. The quantitative estimate of drug-likeness (QED) is 0.523. The molecule has 1 saturated carbocycles. The van der Waals surface area contributed by atoms with Gasteiger partial charge in [0.2, 0.25) is 18.6 Å². The molecule has 3 atom stereocenters. The molecule has 0 unspecified atom stereocenters. The Morgan fingerprint density at radius 3 is 2.31 bits per heavy atom. The Morgan fingerprint density at radius 1 is 0.944 bits per heavy atom. The third-order valence-corrected chi connectivity index (χ3v) is 9.20. The number of anilines is 1. The number of aromatic nitrogens is 1. The predicted molar refractivity (Wildman–Crippen MR) is 131 cm³/mol. The highest BCUT2D eigenvalue weighted by atomic mass is 16.7. The van der Waals surface area contributed by atoms with E-state index in [1.54, 1.807) is 0 Å². The van der Waals surface area contributed by atoms with Crippen LogP contribution in [0.25, 0.3) is 10.9 Å². The summed E-state index contributed by atoms with van der Waals surface area (Å²) in [7, 11) is 2.98. The van der Waals surface area contributed by atoms with Crippen molar-refractivity contribution in [2.24, 2.45) is 16.2 Å². The molecule has 36 heavy (non-hydrogen) atoms. The van der Waals surface area contributed by atoms with Gasteiger partial charge in [-0.2, -0.15) is 0 Å². The number of pyridine rings is 1. The van der Waals surface area contributed by atoms with Crippen LogP contribution >= 0.6 is 0 Å². The van der Waals surface area contributed by atoms with E-state index in [9.17, 15) is 14.4 Å². The first kappa shape index (κ1) is 21.9. The Kier molecular flexibility index (Phi) is 3.95. The highest BCUT2D eigenvalue weighted by molar-refractivity contribution is 6.20. The van der Waals surface area contributed by atoms with Crippen molar-refractivity contribution in [1.82, 2.24) is 14.8 Å². The Morgan fingerprint density at radius 2 is 1.61 bits per heavy atom. The molecule has 4 amide bonds. The van der Waals surface area contributed by atoms with Gasteiger partial charge < -0.3 is 14.4 Å². The van der Waals surface area contributed by atoms with E-state index in [0.717, 1.165) is 51.3 Å². The lowest BCUT2D eigenvalue weighted by Crippen LogP contribution is -2.72. The molecular weight excluding hydrogens is 460 g/mol. The van der Waals surface area contributed by atoms with Crippen LogP contribution in [0.2, 0.25) is 0 Å². The standard InChI is InChI=1S/C27H30N4O5/c1-25(2)10-16-11-26(3,12-25)21-27(22(32)29(4)24(34)30(5)23(27)33)9-15-6-14-7-18-19(36-13-35-18)8-17(14)28-20(15)31(16)21/h6-8,16,21H,9-13H2,1-5H3/t16-,21+,26+/m0/s1. The molecule has 9 heteroatoms. The van der Waals surface area contributed by atoms with Crippen LogP contribution in [0.5, 0.6) is 11.5 Å². The minimum atomic E-state index is -1.39. The van der Waals surface area contributed by atoms with Crippen LogP contribution in [0.4, 0.5) is 10.6 Å². The normalized spacial score (nSPS) is 31.4. The molecule has 1 aromatic carbocycles. The van der Waals surface area contributed by atoms with Gasteiger partial charge in [0.25, 0.3) is 0 Å². The maximum atomic E-state index is 14.1. The van der Waals surface area contributed by atoms with Crippen LogP contribution in [0.15, 0.2) is 18.2 Å². The van der Waals surface area contributed by atoms with Gasteiger partial charge in [-0.05, 0) is 47.8 Å². The fourth-order valence-corrected chi connectivity index (χ4v) is 8.39. The van der Waals surface area contributed by atoms with Crippen LogP contribution in [-0.2, 0) is 16.0 Å². The molecule has 0 N–H and O–H groups in total. The molecule has 4 aliphatic heterocycles. The number of barbiturate groups is 1. The summed E-state index contributed by atoms with van der Waals surface area (Å²) in [6, 6.07) is 5.02. The molecule has 188 valence electrons. The average Bonchev–Trinajstić information content (AvgIpc) is 3.36. The molecular formula is C27H30N4O5. The Labute approximate surface area is 209 Å². The number of amides is 4. The molecule has 1 aliphatic carbocycles. The second-order valence-corrected chi connectivity index (χ2v) is 12.4. The molecule has 3 fully saturated rings. The summed E-state index contributed by atoms with van der Waals surface area (Å²) in [6.45, 7) is 6.93. The Hall–Kier alpha value is -3.36. The molecule has 1 spiro atoms. The average molecular weight is 491 g/mol. The molecule has 1 aromatic heterocycles. The second-order valence-electron chi connectivity index (χ2n) is 12.4. The fraction of sp³-hybridized carbons (Fsp3) is 0.556. The SMILES string of the molecule is CN1C(=O)N(C)C(=O)C2(Cc3cc4cc5c(cc4nc3N3[C@H]4CC(C)(C)C[C@@](C)(C4)[C@@H]32)OCO5)C1=O. The minimum absolute atomic E-state index is 0.0492. The summed E-state index contributed by atoms with van der Waals surface area (Å²) in [5.41, 5.74) is 0.0186. The topological polar surface area (TPSA) is 92.3 Å². The number of hydrogen-bond acceptors (Lipinski definition) is 7. The smallest absolute Gasteiger partial charge is 0.332 e. The summed E-state index contributed by atoms with van der Waals surface area (Å²) in [6.07, 6.45) is 2.93. The maximum absolute atomic E-state index is 14.1. The molecule has 7 rings (SSSR count). The van der Waals surface area contributed by atoms with Crippen molar-refractivity contribution in [3.8, 4) is 11.5 Å². The van der Waals surface area contributed by atoms with Gasteiger partial charge in [0.05, 0.1) is 11.6 Å². The highest BCUT2D eigenvalue weighted by Crippen LogP contribution is 2.64. The van der Waals surface area contributed by atoms with Gasteiger partial charge in [-0.25, -0.2) is 9.78 Å². The van der Waals surface area contributed by atoms with E-state index in [1.807, 2.05) is 18.2 Å². The zero-order valence-corrected chi connectivity index (χ0v) is 21.3. The number of benzene rings is 1. The lowest BCUT2D eigenvalue weighted by atomic mass is 9.56. The van der Waals surface area contributed by atoms with Gasteiger partial charge in [0.15, 0.2) is 16.9 Å². The monoisotopic (exact) mass is 490 g/mol. The van der Waals surface area contributed by atoms with E-state index in [2.05, 4.69) is 25.7 Å². The van der Waals surface area contributed by atoms with Gasteiger partial charge in [0.1, 0.15) is 5.82 Å². The van der Waals surface area contributed by atoms with Crippen LogP contribution < -0.4 is 14.4 Å². The van der Waals surface area contributed by atoms with Gasteiger partial charge >= 0.3 is 6.03 Å². The zero-order chi connectivity index (χ0) is 25.4. The number of imide groups is 2. The number of hydrogen-bond donors (Lipinski definition) is 0. The van der Waals surface area contributed by atoms with Crippen molar-refractivity contribution >= 4 is 34.6 Å². The number of rotatable bonds is 0. The molecule has 0 radical (unpaired) electrons. The second kappa shape index (κ2) is 6.49. The third-order valence-electron chi connectivity index (χ3n) is 9.20. The Balaban J connectivity index is 1.51. The number of ether oxygens (including phenoxy) is 2. The third kappa shape index (κ3) is 2.51. The van der Waals surface area contributed by atoms with Crippen molar-refractivity contribution in [3.63, 3.8) is 0 Å².